The first-order chi connectivity index (χ1) is 7.93. The van der Waals surface area contributed by atoms with Crippen molar-refractivity contribution in [2.45, 2.75) is 30.0 Å². The summed E-state index contributed by atoms with van der Waals surface area (Å²) in [7, 11) is 1.89. The lowest BCUT2D eigenvalue weighted by atomic mass is 10.0. The lowest BCUT2D eigenvalue weighted by molar-refractivity contribution is -0.143. The largest absolute Gasteiger partial charge is 0.480 e. The third kappa shape index (κ3) is 2.19. The van der Waals surface area contributed by atoms with Gasteiger partial charge in [0.1, 0.15) is 6.04 Å². The van der Waals surface area contributed by atoms with Gasteiger partial charge in [-0.05, 0) is 26.5 Å². The van der Waals surface area contributed by atoms with Crippen molar-refractivity contribution in [3.05, 3.63) is 35.9 Å². The first-order valence-corrected chi connectivity index (χ1v) is 6.49. The molecule has 2 atom stereocenters. The number of carboxylic acid groups (broad SMARTS) is 1. The van der Waals surface area contributed by atoms with E-state index in [1.54, 1.807) is 11.8 Å². The van der Waals surface area contributed by atoms with Crippen molar-refractivity contribution >= 4 is 17.7 Å². The Kier molecular flexibility index (Phi) is 3.19. The fourth-order valence-corrected chi connectivity index (χ4v) is 4.01. The summed E-state index contributed by atoms with van der Waals surface area (Å²) in [6.07, 6.45) is 0. The van der Waals surface area contributed by atoms with Crippen LogP contribution in [0.3, 0.4) is 0 Å². The Bertz CT molecular complexity index is 419. The van der Waals surface area contributed by atoms with Crippen LogP contribution < -0.4 is 0 Å². The van der Waals surface area contributed by atoms with E-state index in [9.17, 15) is 9.90 Å². The number of nitrogens with zero attached hydrogens (tertiary/aromatic N) is 1. The quantitative estimate of drug-likeness (QED) is 0.877. The molecule has 0 radical (unpaired) electrons. The molecule has 1 unspecified atom stereocenters. The highest BCUT2D eigenvalue weighted by molar-refractivity contribution is 8.01. The third-order valence-corrected chi connectivity index (χ3v) is 4.83. The minimum absolute atomic E-state index is 0.118. The Morgan fingerprint density at radius 3 is 2.41 bits per heavy atom. The van der Waals surface area contributed by atoms with Gasteiger partial charge in [0.2, 0.25) is 0 Å². The molecule has 1 heterocycles. The predicted octanol–water partition coefficient (Wildman–Crippen LogP) is 2.60. The van der Waals surface area contributed by atoms with Crippen LogP contribution in [0.5, 0.6) is 0 Å². The molecule has 92 valence electrons. The second kappa shape index (κ2) is 4.35. The SMILES string of the molecule is CN1C(c2ccccc2)SC(C)(C)[C@H]1C(=O)O. The van der Waals surface area contributed by atoms with Crippen LogP contribution >= 0.6 is 11.8 Å². The minimum atomic E-state index is -0.747. The van der Waals surface area contributed by atoms with Gasteiger partial charge >= 0.3 is 5.97 Å². The molecule has 4 heteroatoms. The number of hydrogen-bond donors (Lipinski definition) is 1. The zero-order valence-corrected chi connectivity index (χ0v) is 11.1. The number of likely N-dealkylation sites (N-methyl/N-ethyl adjacent to an activating group) is 1. The van der Waals surface area contributed by atoms with Gasteiger partial charge in [-0.15, -0.1) is 11.8 Å². The summed E-state index contributed by atoms with van der Waals surface area (Å²) >= 11 is 1.71. The summed E-state index contributed by atoms with van der Waals surface area (Å²) in [6.45, 7) is 3.99. The Labute approximate surface area is 106 Å². The lowest BCUT2D eigenvalue weighted by Crippen LogP contribution is -2.44. The number of hydrogen-bond acceptors (Lipinski definition) is 3. The summed E-state index contributed by atoms with van der Waals surface area (Å²) in [5.41, 5.74) is 1.16. The molecule has 17 heavy (non-hydrogen) atoms. The van der Waals surface area contributed by atoms with Gasteiger partial charge in [0, 0.05) is 4.75 Å². The second-order valence-electron chi connectivity index (χ2n) is 4.89. The van der Waals surface area contributed by atoms with Gasteiger partial charge in [-0.2, -0.15) is 0 Å². The summed E-state index contributed by atoms with van der Waals surface area (Å²) in [5.74, 6) is -0.747. The maximum Gasteiger partial charge on any atom is 0.322 e. The normalized spacial score (nSPS) is 28.2. The van der Waals surface area contributed by atoms with Crippen molar-refractivity contribution in [3.8, 4) is 0 Å². The number of benzene rings is 1. The fraction of sp³-hybridized carbons (Fsp3) is 0.462. The second-order valence-corrected chi connectivity index (χ2v) is 6.63. The molecule has 1 fully saturated rings. The molecular formula is C13H17NO2S. The Balaban J connectivity index is 2.32. The monoisotopic (exact) mass is 251 g/mol. The highest BCUT2D eigenvalue weighted by atomic mass is 32.2. The van der Waals surface area contributed by atoms with E-state index in [0.29, 0.717) is 0 Å². The molecule has 1 aromatic carbocycles. The zero-order valence-electron chi connectivity index (χ0n) is 10.3. The van der Waals surface area contributed by atoms with Crippen LogP contribution in [0.1, 0.15) is 24.8 Å². The molecule has 1 aliphatic rings. The van der Waals surface area contributed by atoms with E-state index < -0.39 is 12.0 Å². The molecule has 1 aliphatic heterocycles. The number of aliphatic carboxylic acids is 1. The Morgan fingerprint density at radius 2 is 1.94 bits per heavy atom. The van der Waals surface area contributed by atoms with Crippen molar-refractivity contribution in [2.75, 3.05) is 7.05 Å². The van der Waals surface area contributed by atoms with Gasteiger partial charge in [-0.1, -0.05) is 30.3 Å². The first kappa shape index (κ1) is 12.5. The van der Waals surface area contributed by atoms with E-state index in [0.717, 1.165) is 5.56 Å². The molecule has 0 amide bonds. The first-order valence-electron chi connectivity index (χ1n) is 5.61. The standard InChI is InChI=1S/C13H17NO2S/c1-13(2)10(12(15)16)14(3)11(17-13)9-7-5-4-6-8-9/h4-8,10-11H,1-3H3,(H,15,16)/t10-,11?/m1/s1. The number of rotatable bonds is 2. The van der Waals surface area contributed by atoms with Crippen molar-refractivity contribution in [2.24, 2.45) is 0 Å². The highest BCUT2D eigenvalue weighted by Gasteiger charge is 2.49. The van der Waals surface area contributed by atoms with Gasteiger partial charge in [0.15, 0.2) is 0 Å². The average molecular weight is 251 g/mol. The van der Waals surface area contributed by atoms with Crippen molar-refractivity contribution in [3.63, 3.8) is 0 Å². The van der Waals surface area contributed by atoms with Gasteiger partial charge in [0.25, 0.3) is 0 Å². The molecule has 1 aromatic rings. The zero-order chi connectivity index (χ0) is 12.6. The van der Waals surface area contributed by atoms with Gasteiger partial charge in [0.05, 0.1) is 5.37 Å². The topological polar surface area (TPSA) is 40.5 Å². The van der Waals surface area contributed by atoms with E-state index in [4.69, 9.17) is 0 Å². The number of carbonyl (C=O) groups is 1. The Hall–Kier alpha value is -1.00. The van der Waals surface area contributed by atoms with Gasteiger partial charge < -0.3 is 5.11 Å². The van der Waals surface area contributed by atoms with Crippen LogP contribution in [0.15, 0.2) is 30.3 Å². The van der Waals surface area contributed by atoms with Gasteiger partial charge in [-0.25, -0.2) is 0 Å². The smallest absolute Gasteiger partial charge is 0.322 e. The van der Waals surface area contributed by atoms with Crippen LogP contribution in [0.25, 0.3) is 0 Å². The minimum Gasteiger partial charge on any atom is -0.480 e. The average Bonchev–Trinajstić information content (AvgIpc) is 2.50. The number of thioether (sulfide) groups is 1. The maximum absolute atomic E-state index is 11.3. The number of carboxylic acids is 1. The molecule has 1 saturated heterocycles. The van der Waals surface area contributed by atoms with Crippen LogP contribution in [-0.2, 0) is 4.79 Å². The summed E-state index contributed by atoms with van der Waals surface area (Å²) in [6, 6.07) is 9.61. The molecule has 0 saturated carbocycles. The third-order valence-electron chi connectivity index (χ3n) is 3.17. The lowest BCUT2D eigenvalue weighted by Gasteiger charge is -2.25. The van der Waals surface area contributed by atoms with E-state index in [1.807, 2.05) is 44.0 Å². The van der Waals surface area contributed by atoms with Crippen molar-refractivity contribution in [1.82, 2.24) is 4.90 Å². The molecule has 0 bridgehead atoms. The Morgan fingerprint density at radius 1 is 1.35 bits per heavy atom. The van der Waals surface area contributed by atoms with Crippen LogP contribution in [-0.4, -0.2) is 33.8 Å². The summed E-state index contributed by atoms with van der Waals surface area (Å²) in [5, 5.41) is 9.45. The molecular weight excluding hydrogens is 234 g/mol. The van der Waals surface area contributed by atoms with E-state index in [-0.39, 0.29) is 10.1 Å². The molecule has 1 N–H and O–H groups in total. The van der Waals surface area contributed by atoms with E-state index in [1.165, 1.54) is 0 Å². The molecule has 0 spiro atoms. The van der Waals surface area contributed by atoms with E-state index in [2.05, 4.69) is 12.1 Å². The van der Waals surface area contributed by atoms with E-state index >= 15 is 0 Å². The van der Waals surface area contributed by atoms with Crippen LogP contribution in [0.2, 0.25) is 0 Å². The molecule has 3 nitrogen and oxygen atoms in total. The maximum atomic E-state index is 11.3. The highest BCUT2D eigenvalue weighted by Crippen LogP contribution is 2.51. The fourth-order valence-electron chi connectivity index (χ4n) is 2.45. The van der Waals surface area contributed by atoms with Crippen molar-refractivity contribution in [1.29, 1.82) is 0 Å². The van der Waals surface area contributed by atoms with Gasteiger partial charge in [-0.3, -0.25) is 9.69 Å². The van der Waals surface area contributed by atoms with Crippen LogP contribution in [0.4, 0.5) is 0 Å². The summed E-state index contributed by atoms with van der Waals surface area (Å²) in [4.78, 5) is 13.3. The van der Waals surface area contributed by atoms with Crippen molar-refractivity contribution < 1.29 is 9.90 Å². The molecule has 0 aliphatic carbocycles. The summed E-state index contributed by atoms with van der Waals surface area (Å²) < 4.78 is -0.277. The van der Waals surface area contributed by atoms with Crippen LogP contribution in [0, 0.1) is 0 Å². The predicted molar refractivity (Wildman–Crippen MR) is 70.0 cm³/mol. The molecule has 0 aromatic heterocycles. The molecule has 2 rings (SSSR count).